The zero-order valence-corrected chi connectivity index (χ0v) is 7.47. The largest absolute Gasteiger partial charge is 0.273 e. The van der Waals surface area contributed by atoms with Crippen molar-refractivity contribution in [3.8, 4) is 0 Å². The fourth-order valence-electron chi connectivity index (χ4n) is 0.435. The lowest BCUT2D eigenvalue weighted by molar-refractivity contribution is 1.07. The van der Waals surface area contributed by atoms with Crippen LogP contribution in [-0.2, 0) is 0 Å². The molecule has 0 saturated carbocycles. The van der Waals surface area contributed by atoms with E-state index in [4.69, 9.17) is 22.2 Å². The Morgan fingerprint density at radius 3 is 2.25 bits per heavy atom. The highest BCUT2D eigenvalue weighted by molar-refractivity contribution is 7.47. The first-order valence-electron chi connectivity index (χ1n) is 2.64. The summed E-state index contributed by atoms with van der Waals surface area (Å²) in [5.41, 5.74) is 1.69. The molecule has 0 bridgehead atoms. The molecule has 0 aromatic heterocycles. The molecule has 8 heavy (non-hydrogen) atoms. The van der Waals surface area contributed by atoms with Crippen molar-refractivity contribution in [3.63, 3.8) is 0 Å². The molecule has 0 aromatic carbocycles. The van der Waals surface area contributed by atoms with Crippen molar-refractivity contribution in [1.82, 2.24) is 0 Å². The maximum absolute atomic E-state index is 5.81. The van der Waals surface area contributed by atoms with Gasteiger partial charge in [-0.15, -0.1) is 28.7 Å². The molecule has 0 nitrogen and oxygen atoms in total. The Balaban J connectivity index is 3.53. The summed E-state index contributed by atoms with van der Waals surface area (Å²) in [5, 5.41) is 0. The molecule has 0 amide bonds. The first-order chi connectivity index (χ1) is 3.62. The molecule has 3 heteroatoms. The van der Waals surface area contributed by atoms with Crippen LogP contribution in [0.2, 0.25) is 6.04 Å². The zero-order chi connectivity index (χ0) is 6.62. The van der Waals surface area contributed by atoms with Gasteiger partial charge in [0.15, 0.2) is 0 Å². The van der Waals surface area contributed by atoms with Crippen LogP contribution in [0, 0.1) is 0 Å². The molecule has 0 unspecified atom stereocenters. The number of hydrogen-bond donors (Lipinski definition) is 0. The Morgan fingerprint density at radius 2 is 2.12 bits per heavy atom. The SMILES string of the molecule is C=C[Si](Cl)(Cl)CCC. The van der Waals surface area contributed by atoms with Crippen LogP contribution < -0.4 is 0 Å². The molecule has 0 aromatic rings. The maximum Gasteiger partial charge on any atom is 0.273 e. The monoisotopic (exact) mass is 168 g/mol. The molecule has 0 aliphatic heterocycles. The maximum atomic E-state index is 5.81. The molecular weight excluding hydrogens is 159 g/mol. The van der Waals surface area contributed by atoms with E-state index in [9.17, 15) is 0 Å². The summed E-state index contributed by atoms with van der Waals surface area (Å²) in [6.45, 7) is 3.65. The highest BCUT2D eigenvalue weighted by Crippen LogP contribution is 2.22. The van der Waals surface area contributed by atoms with Crippen molar-refractivity contribution in [3.05, 3.63) is 12.3 Å². The molecule has 0 spiro atoms. The second-order valence-corrected chi connectivity index (χ2v) is 8.77. The van der Waals surface area contributed by atoms with Crippen LogP contribution in [0.3, 0.4) is 0 Å². The normalized spacial score (nSPS) is 11.4. The fraction of sp³-hybridized carbons (Fsp3) is 0.600. The number of hydrogen-bond acceptors (Lipinski definition) is 0. The van der Waals surface area contributed by atoms with E-state index in [2.05, 4.69) is 13.5 Å². The van der Waals surface area contributed by atoms with E-state index < -0.39 is 6.69 Å². The van der Waals surface area contributed by atoms with Crippen molar-refractivity contribution < 1.29 is 0 Å². The van der Waals surface area contributed by atoms with Gasteiger partial charge in [0.1, 0.15) is 0 Å². The van der Waals surface area contributed by atoms with Gasteiger partial charge in [0, 0.05) is 0 Å². The smallest absolute Gasteiger partial charge is 0.140 e. The molecule has 0 saturated heterocycles. The van der Waals surface area contributed by atoms with E-state index in [1.54, 1.807) is 5.70 Å². The van der Waals surface area contributed by atoms with Crippen LogP contribution >= 0.6 is 22.2 Å². The summed E-state index contributed by atoms with van der Waals surface area (Å²) in [7, 11) is 0. The van der Waals surface area contributed by atoms with E-state index in [0.717, 1.165) is 12.5 Å². The third-order valence-electron chi connectivity index (χ3n) is 0.882. The van der Waals surface area contributed by atoms with Crippen LogP contribution in [0.1, 0.15) is 13.3 Å². The first kappa shape index (κ1) is 8.54. The van der Waals surface area contributed by atoms with Crippen molar-refractivity contribution in [2.24, 2.45) is 0 Å². The second-order valence-electron chi connectivity index (χ2n) is 1.72. The molecule has 0 aliphatic rings. The third-order valence-corrected chi connectivity index (χ3v) is 4.71. The quantitative estimate of drug-likeness (QED) is 0.450. The topological polar surface area (TPSA) is 0 Å². The van der Waals surface area contributed by atoms with Gasteiger partial charge in [-0.25, -0.2) is 0 Å². The Labute approximate surface area is 60.9 Å². The minimum atomic E-state index is -1.97. The van der Waals surface area contributed by atoms with Crippen molar-refractivity contribution in [2.75, 3.05) is 0 Å². The van der Waals surface area contributed by atoms with Crippen LogP contribution in [0.15, 0.2) is 12.3 Å². The van der Waals surface area contributed by atoms with Gasteiger partial charge in [0.25, 0.3) is 6.69 Å². The molecule has 0 aliphatic carbocycles. The molecule has 0 fully saturated rings. The predicted octanol–water partition coefficient (Wildman–Crippen LogP) is 3.04. The standard InChI is InChI=1S/C5H10Cl2Si/c1-3-5-8(6,7)4-2/h4H,2-3,5H2,1H3. The molecule has 48 valence electrons. The van der Waals surface area contributed by atoms with Gasteiger partial charge in [0.2, 0.25) is 0 Å². The molecule has 0 rings (SSSR count). The molecule has 0 atom stereocenters. The lowest BCUT2D eigenvalue weighted by Gasteiger charge is -2.07. The summed E-state index contributed by atoms with van der Waals surface area (Å²) < 4.78 is 0. The van der Waals surface area contributed by atoms with E-state index >= 15 is 0 Å². The predicted molar refractivity (Wildman–Crippen MR) is 42.8 cm³/mol. The summed E-state index contributed by atoms with van der Waals surface area (Å²) in [4.78, 5) is 0. The summed E-state index contributed by atoms with van der Waals surface area (Å²) in [6, 6.07) is 0.916. The van der Waals surface area contributed by atoms with Crippen LogP contribution in [0.5, 0.6) is 0 Å². The van der Waals surface area contributed by atoms with Crippen molar-refractivity contribution >= 4 is 28.9 Å². The van der Waals surface area contributed by atoms with Gasteiger partial charge in [-0.05, 0) is 6.04 Å². The minimum Gasteiger partial charge on any atom is -0.140 e. The van der Waals surface area contributed by atoms with Gasteiger partial charge >= 0.3 is 0 Å². The molecular formula is C5H10Cl2Si. The lowest BCUT2D eigenvalue weighted by atomic mass is 10.6. The molecule has 0 radical (unpaired) electrons. The van der Waals surface area contributed by atoms with Crippen molar-refractivity contribution in [1.29, 1.82) is 0 Å². The minimum absolute atomic E-state index is 0.916. The van der Waals surface area contributed by atoms with Crippen LogP contribution in [-0.4, -0.2) is 6.69 Å². The van der Waals surface area contributed by atoms with E-state index in [0.29, 0.717) is 0 Å². The average molecular weight is 169 g/mol. The van der Waals surface area contributed by atoms with E-state index in [1.165, 1.54) is 0 Å². The van der Waals surface area contributed by atoms with Crippen molar-refractivity contribution in [2.45, 2.75) is 19.4 Å². The number of rotatable bonds is 3. The number of halogens is 2. The Morgan fingerprint density at radius 1 is 1.62 bits per heavy atom. The van der Waals surface area contributed by atoms with Crippen LogP contribution in [0.25, 0.3) is 0 Å². The second kappa shape index (κ2) is 3.54. The van der Waals surface area contributed by atoms with Crippen LogP contribution in [0.4, 0.5) is 0 Å². The summed E-state index contributed by atoms with van der Waals surface area (Å²) in [6.07, 6.45) is 1.05. The average Bonchev–Trinajstić information content (AvgIpc) is 1.67. The Hall–Kier alpha value is 0.537. The van der Waals surface area contributed by atoms with Gasteiger partial charge < -0.3 is 0 Å². The third kappa shape index (κ3) is 3.53. The van der Waals surface area contributed by atoms with Gasteiger partial charge in [-0.3, -0.25) is 0 Å². The zero-order valence-electron chi connectivity index (χ0n) is 4.95. The van der Waals surface area contributed by atoms with E-state index in [-0.39, 0.29) is 0 Å². The molecule has 0 N–H and O–H groups in total. The highest BCUT2D eigenvalue weighted by Gasteiger charge is 2.21. The van der Waals surface area contributed by atoms with Gasteiger partial charge in [-0.1, -0.05) is 19.0 Å². The van der Waals surface area contributed by atoms with Gasteiger partial charge in [0.05, 0.1) is 0 Å². The summed E-state index contributed by atoms with van der Waals surface area (Å²) in [5.74, 6) is 0. The first-order valence-corrected chi connectivity index (χ1v) is 6.94. The summed E-state index contributed by atoms with van der Waals surface area (Å²) >= 11 is 11.6. The van der Waals surface area contributed by atoms with E-state index in [1.807, 2.05) is 0 Å². The highest BCUT2D eigenvalue weighted by atomic mass is 35.7. The molecule has 0 heterocycles. The van der Waals surface area contributed by atoms with Gasteiger partial charge in [-0.2, -0.15) is 0 Å². The fourth-order valence-corrected chi connectivity index (χ4v) is 2.44. The lowest BCUT2D eigenvalue weighted by Crippen LogP contribution is -2.13. The Kier molecular flexibility index (Phi) is 3.78. The Bertz CT molecular complexity index is 80.5.